The van der Waals surface area contributed by atoms with Crippen molar-refractivity contribution in [1.82, 2.24) is 0 Å². The third-order valence-electron chi connectivity index (χ3n) is 4.19. The first-order chi connectivity index (χ1) is 8.52. The van der Waals surface area contributed by atoms with Crippen LogP contribution >= 0.6 is 11.8 Å². The normalized spacial score (nSPS) is 37.2. The fraction of sp³-hybridized carbons (Fsp3) is 0.643. The van der Waals surface area contributed by atoms with Crippen molar-refractivity contribution in [1.29, 1.82) is 0 Å². The average Bonchev–Trinajstić information content (AvgIpc) is 2.90. The van der Waals surface area contributed by atoms with Crippen molar-refractivity contribution in [3.05, 3.63) is 12.2 Å². The van der Waals surface area contributed by atoms with E-state index in [1.54, 1.807) is 6.26 Å². The molecule has 1 saturated carbocycles. The summed E-state index contributed by atoms with van der Waals surface area (Å²) in [6.07, 6.45) is 6.57. The number of Topliss-reactive ketones (excluding diaryl/α,β-unsaturated/α-hetero) is 1. The molecule has 0 aromatic rings. The highest BCUT2D eigenvalue weighted by atomic mass is 32.2. The second-order valence-electron chi connectivity index (χ2n) is 5.38. The lowest BCUT2D eigenvalue weighted by Crippen LogP contribution is -2.34. The zero-order valence-corrected chi connectivity index (χ0v) is 11.6. The minimum absolute atomic E-state index is 0.0395. The van der Waals surface area contributed by atoms with Crippen LogP contribution in [0.2, 0.25) is 0 Å². The quantitative estimate of drug-likeness (QED) is 0.576. The number of fused-ring (bicyclic) bond motifs is 2. The number of thioether (sulfide) groups is 1. The van der Waals surface area contributed by atoms with Crippen LogP contribution in [0, 0.1) is 35.5 Å². The van der Waals surface area contributed by atoms with Crippen LogP contribution in [0.1, 0.15) is 13.8 Å². The van der Waals surface area contributed by atoms with Gasteiger partial charge in [0.15, 0.2) is 5.12 Å². The third kappa shape index (κ3) is 1.87. The molecule has 0 heterocycles. The molecule has 0 aliphatic heterocycles. The fourth-order valence-electron chi connectivity index (χ4n) is 3.34. The molecule has 18 heavy (non-hydrogen) atoms. The van der Waals surface area contributed by atoms with E-state index in [4.69, 9.17) is 0 Å². The number of hydrogen-bond acceptors (Lipinski definition) is 4. The van der Waals surface area contributed by atoms with Gasteiger partial charge in [-0.1, -0.05) is 37.8 Å². The summed E-state index contributed by atoms with van der Waals surface area (Å²) >= 11 is 1.17. The SMILES string of the molecule is CSC(=O)[C@@H]1[C@H]2C=C[C@H]([C@H]2C=O)[C@@H]1C(=O)C(C)C. The van der Waals surface area contributed by atoms with E-state index >= 15 is 0 Å². The fourth-order valence-corrected chi connectivity index (χ4v) is 3.92. The molecular formula is C14H18O3S. The molecule has 0 aromatic heterocycles. The minimum Gasteiger partial charge on any atom is -0.303 e. The van der Waals surface area contributed by atoms with E-state index in [1.165, 1.54) is 11.8 Å². The van der Waals surface area contributed by atoms with Crippen molar-refractivity contribution in [2.24, 2.45) is 35.5 Å². The molecule has 4 heteroatoms. The van der Waals surface area contributed by atoms with Gasteiger partial charge in [-0.05, 0) is 18.1 Å². The number of carbonyl (C=O) groups excluding carboxylic acids is 3. The molecule has 1 fully saturated rings. The number of rotatable bonds is 4. The Balaban J connectivity index is 2.36. The van der Waals surface area contributed by atoms with Crippen LogP contribution in [0.4, 0.5) is 0 Å². The Hall–Kier alpha value is -0.900. The standard InChI is InChI=1S/C14H18O3S/c1-7(2)13(16)11-8-4-5-9(10(8)6-15)12(11)14(17)18-3/h4-12H,1-3H3/t8-,9+,10-,11+,12-/m1/s1. The highest BCUT2D eigenvalue weighted by Gasteiger charge is 2.56. The van der Waals surface area contributed by atoms with Crippen LogP contribution in [0.5, 0.6) is 0 Å². The molecule has 98 valence electrons. The lowest BCUT2D eigenvalue weighted by molar-refractivity contribution is -0.131. The zero-order valence-electron chi connectivity index (χ0n) is 10.8. The molecule has 0 unspecified atom stereocenters. The minimum atomic E-state index is -0.305. The van der Waals surface area contributed by atoms with E-state index in [0.29, 0.717) is 0 Å². The monoisotopic (exact) mass is 266 g/mol. The zero-order chi connectivity index (χ0) is 13.4. The van der Waals surface area contributed by atoms with Crippen LogP contribution in [0.25, 0.3) is 0 Å². The Morgan fingerprint density at radius 1 is 1.17 bits per heavy atom. The van der Waals surface area contributed by atoms with Crippen molar-refractivity contribution in [3.8, 4) is 0 Å². The molecular weight excluding hydrogens is 248 g/mol. The van der Waals surface area contributed by atoms with Crippen LogP contribution in [0.15, 0.2) is 12.2 Å². The van der Waals surface area contributed by atoms with E-state index in [0.717, 1.165) is 6.29 Å². The molecule has 2 bridgehead atoms. The number of allylic oxidation sites excluding steroid dienone is 2. The van der Waals surface area contributed by atoms with Crippen LogP contribution < -0.4 is 0 Å². The Labute approximate surface area is 111 Å². The van der Waals surface area contributed by atoms with Gasteiger partial charge in [0.1, 0.15) is 12.1 Å². The van der Waals surface area contributed by atoms with Crippen molar-refractivity contribution in [2.75, 3.05) is 6.26 Å². The van der Waals surface area contributed by atoms with Gasteiger partial charge in [0.25, 0.3) is 0 Å². The first-order valence-electron chi connectivity index (χ1n) is 6.28. The maximum Gasteiger partial charge on any atom is 0.193 e. The first-order valence-corrected chi connectivity index (χ1v) is 7.50. The molecule has 0 saturated heterocycles. The van der Waals surface area contributed by atoms with Gasteiger partial charge < -0.3 is 4.79 Å². The summed E-state index contributed by atoms with van der Waals surface area (Å²) in [5, 5.41) is 0.0395. The van der Waals surface area contributed by atoms with Crippen molar-refractivity contribution in [3.63, 3.8) is 0 Å². The average molecular weight is 266 g/mol. The van der Waals surface area contributed by atoms with Gasteiger partial charge in [0.05, 0.1) is 0 Å². The summed E-state index contributed by atoms with van der Waals surface area (Å²) in [4.78, 5) is 35.6. The number of ketones is 1. The Morgan fingerprint density at radius 3 is 2.17 bits per heavy atom. The number of aldehydes is 1. The molecule has 0 amide bonds. The first kappa shape index (κ1) is 13.5. The van der Waals surface area contributed by atoms with Crippen molar-refractivity contribution < 1.29 is 14.4 Å². The second-order valence-corrected chi connectivity index (χ2v) is 6.20. The largest absolute Gasteiger partial charge is 0.303 e. The molecule has 2 aliphatic carbocycles. The van der Waals surface area contributed by atoms with E-state index in [-0.39, 0.29) is 46.4 Å². The van der Waals surface area contributed by atoms with E-state index < -0.39 is 0 Å². The van der Waals surface area contributed by atoms with E-state index in [2.05, 4.69) is 0 Å². The molecule has 0 radical (unpaired) electrons. The number of carbonyl (C=O) groups is 3. The maximum atomic E-state index is 12.3. The molecule has 0 aromatic carbocycles. The van der Waals surface area contributed by atoms with Gasteiger partial charge in [-0.2, -0.15) is 0 Å². The van der Waals surface area contributed by atoms with E-state index in [1.807, 2.05) is 26.0 Å². The summed E-state index contributed by atoms with van der Waals surface area (Å²) in [5.41, 5.74) is 0. The molecule has 5 atom stereocenters. The Kier molecular flexibility index (Phi) is 3.76. The van der Waals surface area contributed by atoms with Crippen LogP contribution in [-0.2, 0) is 14.4 Å². The van der Waals surface area contributed by atoms with Crippen molar-refractivity contribution in [2.45, 2.75) is 13.8 Å². The van der Waals surface area contributed by atoms with Gasteiger partial charge in [-0.25, -0.2) is 0 Å². The summed E-state index contributed by atoms with van der Waals surface area (Å²) in [5.74, 6) is -0.893. The molecule has 2 rings (SSSR count). The summed E-state index contributed by atoms with van der Waals surface area (Å²) < 4.78 is 0. The van der Waals surface area contributed by atoms with Gasteiger partial charge in [-0.15, -0.1) is 0 Å². The lowest BCUT2D eigenvalue weighted by Gasteiger charge is -2.26. The number of hydrogen-bond donors (Lipinski definition) is 0. The molecule has 2 aliphatic rings. The highest BCUT2D eigenvalue weighted by Crippen LogP contribution is 2.53. The third-order valence-corrected chi connectivity index (χ3v) is 4.86. The summed E-state index contributed by atoms with van der Waals surface area (Å²) in [7, 11) is 0. The highest BCUT2D eigenvalue weighted by molar-refractivity contribution is 8.13. The Bertz CT molecular complexity index is 413. The van der Waals surface area contributed by atoms with Gasteiger partial charge in [-0.3, -0.25) is 9.59 Å². The lowest BCUT2D eigenvalue weighted by atomic mass is 9.78. The molecule has 0 N–H and O–H groups in total. The van der Waals surface area contributed by atoms with Gasteiger partial charge >= 0.3 is 0 Å². The molecule has 0 spiro atoms. The van der Waals surface area contributed by atoms with Crippen LogP contribution in [0.3, 0.4) is 0 Å². The second kappa shape index (κ2) is 5.00. The predicted molar refractivity (Wildman–Crippen MR) is 71.0 cm³/mol. The van der Waals surface area contributed by atoms with Crippen molar-refractivity contribution >= 4 is 28.9 Å². The van der Waals surface area contributed by atoms with Crippen LogP contribution in [-0.4, -0.2) is 23.4 Å². The predicted octanol–water partition coefficient (Wildman–Crippen LogP) is 1.96. The smallest absolute Gasteiger partial charge is 0.193 e. The maximum absolute atomic E-state index is 12.3. The summed E-state index contributed by atoms with van der Waals surface area (Å²) in [6.45, 7) is 3.71. The van der Waals surface area contributed by atoms with Gasteiger partial charge in [0.2, 0.25) is 0 Å². The summed E-state index contributed by atoms with van der Waals surface area (Å²) in [6, 6.07) is 0. The topological polar surface area (TPSA) is 51.2 Å². The molecule has 3 nitrogen and oxygen atoms in total. The van der Waals surface area contributed by atoms with E-state index in [9.17, 15) is 14.4 Å². The van der Waals surface area contributed by atoms with Gasteiger partial charge in [0, 0.05) is 23.7 Å². The Morgan fingerprint density at radius 2 is 1.72 bits per heavy atom.